The van der Waals surface area contributed by atoms with Crippen molar-refractivity contribution in [2.75, 3.05) is 30.4 Å². The number of nitrogens with two attached hydrogens (primary N) is 1. The van der Waals surface area contributed by atoms with Crippen molar-refractivity contribution >= 4 is 17.5 Å². The molecule has 1 aliphatic rings. The molecule has 0 radical (unpaired) electrons. The van der Waals surface area contributed by atoms with E-state index in [0.29, 0.717) is 12.3 Å². The van der Waals surface area contributed by atoms with Gasteiger partial charge < -0.3 is 16.0 Å². The van der Waals surface area contributed by atoms with Crippen LogP contribution in [0.15, 0.2) is 6.07 Å². The fraction of sp³-hybridized carbons (Fsp3) is 0.615. The molecule has 0 aromatic carbocycles. The lowest BCUT2D eigenvalue weighted by Gasteiger charge is -2.32. The molecule has 0 saturated carbocycles. The number of carbonyl (C=O) groups is 1. The Labute approximate surface area is 113 Å². The van der Waals surface area contributed by atoms with Crippen LogP contribution in [0.2, 0.25) is 0 Å². The third-order valence-electron chi connectivity index (χ3n) is 3.51. The summed E-state index contributed by atoms with van der Waals surface area (Å²) < 4.78 is 0. The molecule has 1 aromatic rings. The summed E-state index contributed by atoms with van der Waals surface area (Å²) in [6, 6.07) is 1.96. The number of amides is 1. The molecule has 1 amide bonds. The van der Waals surface area contributed by atoms with Gasteiger partial charge in [-0.15, -0.1) is 0 Å². The number of carbonyl (C=O) groups excluding carboxylic acids is 1. The molecular weight excluding hydrogens is 242 g/mol. The van der Waals surface area contributed by atoms with E-state index < -0.39 is 0 Å². The lowest BCUT2D eigenvalue weighted by molar-refractivity contribution is -0.119. The molecule has 2 rings (SSSR count). The first-order valence-electron chi connectivity index (χ1n) is 6.65. The second-order valence-electron chi connectivity index (χ2n) is 5.01. The minimum atomic E-state index is -0.200. The summed E-state index contributed by atoms with van der Waals surface area (Å²) in [5.41, 5.74) is 5.25. The van der Waals surface area contributed by atoms with E-state index in [9.17, 15) is 4.79 Å². The van der Waals surface area contributed by atoms with Gasteiger partial charge in [0.2, 0.25) is 5.91 Å². The lowest BCUT2D eigenvalue weighted by atomic mass is 9.93. The van der Waals surface area contributed by atoms with Crippen LogP contribution in [0.5, 0.6) is 0 Å². The average molecular weight is 263 g/mol. The number of hydrogen-bond acceptors (Lipinski definition) is 5. The van der Waals surface area contributed by atoms with Crippen molar-refractivity contribution in [1.82, 2.24) is 9.97 Å². The van der Waals surface area contributed by atoms with Gasteiger partial charge in [-0.3, -0.25) is 4.79 Å². The van der Waals surface area contributed by atoms with Gasteiger partial charge in [0.05, 0.1) is 0 Å². The molecule has 1 fully saturated rings. The molecule has 3 N–H and O–H groups in total. The minimum absolute atomic E-state index is 0.200. The molecule has 0 aliphatic carbocycles. The molecule has 0 bridgehead atoms. The molecule has 1 aromatic heterocycles. The fourth-order valence-corrected chi connectivity index (χ4v) is 2.49. The molecule has 6 heteroatoms. The quantitative estimate of drug-likeness (QED) is 0.844. The van der Waals surface area contributed by atoms with Crippen LogP contribution in [-0.2, 0) is 4.79 Å². The fourth-order valence-electron chi connectivity index (χ4n) is 2.49. The zero-order valence-corrected chi connectivity index (χ0v) is 11.5. The predicted octanol–water partition coefficient (Wildman–Crippen LogP) is 0.919. The first-order valence-corrected chi connectivity index (χ1v) is 6.65. The van der Waals surface area contributed by atoms with Gasteiger partial charge in [0.1, 0.15) is 17.5 Å². The number of piperidine rings is 1. The molecular formula is C13H21N5O. The van der Waals surface area contributed by atoms with Gasteiger partial charge in [-0.2, -0.15) is 0 Å². The third kappa shape index (κ3) is 3.56. The van der Waals surface area contributed by atoms with Crippen LogP contribution in [0, 0.1) is 12.8 Å². The van der Waals surface area contributed by atoms with Crippen molar-refractivity contribution in [3.8, 4) is 0 Å². The Morgan fingerprint density at radius 2 is 2.16 bits per heavy atom. The second-order valence-corrected chi connectivity index (χ2v) is 5.01. The van der Waals surface area contributed by atoms with E-state index in [2.05, 4.69) is 20.2 Å². The van der Waals surface area contributed by atoms with Crippen molar-refractivity contribution < 1.29 is 4.79 Å². The molecule has 6 nitrogen and oxygen atoms in total. The third-order valence-corrected chi connectivity index (χ3v) is 3.51. The van der Waals surface area contributed by atoms with Gasteiger partial charge in [0, 0.05) is 32.6 Å². The zero-order valence-electron chi connectivity index (χ0n) is 11.5. The topological polar surface area (TPSA) is 84.1 Å². The van der Waals surface area contributed by atoms with Crippen molar-refractivity contribution in [2.24, 2.45) is 11.7 Å². The molecule has 1 saturated heterocycles. The van der Waals surface area contributed by atoms with Gasteiger partial charge in [0.15, 0.2) is 0 Å². The highest BCUT2D eigenvalue weighted by atomic mass is 16.1. The highest BCUT2D eigenvalue weighted by Gasteiger charge is 2.21. The Morgan fingerprint density at radius 1 is 1.47 bits per heavy atom. The van der Waals surface area contributed by atoms with Crippen LogP contribution in [0.1, 0.15) is 25.1 Å². The minimum Gasteiger partial charge on any atom is -0.373 e. The van der Waals surface area contributed by atoms with E-state index in [-0.39, 0.29) is 5.91 Å². The number of hydrogen-bond donors (Lipinski definition) is 2. The smallest absolute Gasteiger partial charge is 0.217 e. The maximum absolute atomic E-state index is 10.9. The summed E-state index contributed by atoms with van der Waals surface area (Å²) in [5.74, 6) is 2.77. The van der Waals surface area contributed by atoms with E-state index in [1.165, 1.54) is 0 Å². The van der Waals surface area contributed by atoms with E-state index in [1.807, 2.05) is 20.0 Å². The molecule has 104 valence electrons. The van der Waals surface area contributed by atoms with Crippen LogP contribution in [-0.4, -0.2) is 36.0 Å². The van der Waals surface area contributed by atoms with Crippen LogP contribution >= 0.6 is 0 Å². The number of nitrogens with one attached hydrogen (secondary N) is 1. The van der Waals surface area contributed by atoms with Crippen LogP contribution < -0.4 is 16.0 Å². The van der Waals surface area contributed by atoms with Gasteiger partial charge in [-0.05, 0) is 25.7 Å². The summed E-state index contributed by atoms with van der Waals surface area (Å²) in [5, 5.41) is 3.04. The van der Waals surface area contributed by atoms with Crippen molar-refractivity contribution in [1.29, 1.82) is 0 Å². The summed E-state index contributed by atoms with van der Waals surface area (Å²) in [6.45, 7) is 3.72. The second kappa shape index (κ2) is 5.86. The number of primary amides is 1. The van der Waals surface area contributed by atoms with E-state index in [4.69, 9.17) is 5.73 Å². The highest BCUT2D eigenvalue weighted by molar-refractivity contribution is 5.74. The SMILES string of the molecule is CNc1cc(N2CCC(CC(N)=O)CC2)nc(C)n1. The van der Waals surface area contributed by atoms with Gasteiger partial charge in [0.25, 0.3) is 0 Å². The number of nitrogens with zero attached hydrogens (tertiary/aromatic N) is 3. The molecule has 0 atom stereocenters. The van der Waals surface area contributed by atoms with E-state index >= 15 is 0 Å². The molecule has 0 unspecified atom stereocenters. The molecule has 1 aliphatic heterocycles. The zero-order chi connectivity index (χ0) is 13.8. The van der Waals surface area contributed by atoms with Crippen molar-refractivity contribution in [3.63, 3.8) is 0 Å². The molecule has 2 heterocycles. The Bertz CT molecular complexity index is 454. The monoisotopic (exact) mass is 263 g/mol. The first-order chi connectivity index (χ1) is 9.08. The van der Waals surface area contributed by atoms with Gasteiger partial charge in [-0.1, -0.05) is 0 Å². The number of rotatable bonds is 4. The number of anilines is 2. The number of aryl methyl sites for hydroxylation is 1. The lowest BCUT2D eigenvalue weighted by Crippen LogP contribution is -2.35. The van der Waals surface area contributed by atoms with Crippen molar-refractivity contribution in [2.45, 2.75) is 26.2 Å². The molecule has 0 spiro atoms. The van der Waals surface area contributed by atoms with Crippen LogP contribution in [0.3, 0.4) is 0 Å². The van der Waals surface area contributed by atoms with Crippen LogP contribution in [0.4, 0.5) is 11.6 Å². The normalized spacial score (nSPS) is 16.4. The van der Waals surface area contributed by atoms with E-state index in [0.717, 1.165) is 43.4 Å². The van der Waals surface area contributed by atoms with E-state index in [1.54, 1.807) is 0 Å². The van der Waals surface area contributed by atoms with Gasteiger partial charge in [-0.25, -0.2) is 9.97 Å². The standard InChI is InChI=1S/C13H21N5O/c1-9-16-12(15-2)8-13(17-9)18-5-3-10(4-6-18)7-11(14)19/h8,10H,3-7H2,1-2H3,(H2,14,19)(H,15,16,17). The largest absolute Gasteiger partial charge is 0.373 e. The summed E-state index contributed by atoms with van der Waals surface area (Å²) in [4.78, 5) is 21.9. The maximum Gasteiger partial charge on any atom is 0.217 e. The first kappa shape index (κ1) is 13.6. The number of aromatic nitrogens is 2. The Kier molecular flexibility index (Phi) is 4.19. The summed E-state index contributed by atoms with van der Waals surface area (Å²) >= 11 is 0. The Balaban J connectivity index is 2.01. The maximum atomic E-state index is 10.9. The van der Waals surface area contributed by atoms with Crippen molar-refractivity contribution in [3.05, 3.63) is 11.9 Å². The Hall–Kier alpha value is -1.85. The summed E-state index contributed by atoms with van der Waals surface area (Å²) in [6.07, 6.45) is 2.47. The predicted molar refractivity (Wildman–Crippen MR) is 75.1 cm³/mol. The Morgan fingerprint density at radius 3 is 2.74 bits per heavy atom. The average Bonchev–Trinajstić information content (AvgIpc) is 2.38. The van der Waals surface area contributed by atoms with Gasteiger partial charge >= 0.3 is 0 Å². The highest BCUT2D eigenvalue weighted by Crippen LogP contribution is 2.25. The summed E-state index contributed by atoms with van der Waals surface area (Å²) in [7, 11) is 1.85. The van der Waals surface area contributed by atoms with Crippen LogP contribution in [0.25, 0.3) is 0 Å². The molecule has 19 heavy (non-hydrogen) atoms.